The molecule has 0 spiro atoms. The highest BCUT2D eigenvalue weighted by atomic mass is 16.5. The fourth-order valence-corrected chi connectivity index (χ4v) is 1.44. The Labute approximate surface area is 95.5 Å². The summed E-state index contributed by atoms with van der Waals surface area (Å²) in [6.07, 6.45) is 0. The number of hydrogen-bond donors (Lipinski definition) is 2. The van der Waals surface area contributed by atoms with Crippen LogP contribution in [0, 0.1) is 11.3 Å². The molecule has 1 aromatic carbocycles. The summed E-state index contributed by atoms with van der Waals surface area (Å²) in [6.45, 7) is 2.86. The number of aliphatic hydroxyl groups excluding tert-OH is 1. The van der Waals surface area contributed by atoms with Crippen molar-refractivity contribution in [3.05, 3.63) is 29.8 Å². The van der Waals surface area contributed by atoms with Crippen molar-refractivity contribution in [2.24, 2.45) is 0 Å². The van der Waals surface area contributed by atoms with Gasteiger partial charge in [0.15, 0.2) is 0 Å². The number of aliphatic hydroxyl groups is 1. The molecule has 0 aliphatic carbocycles. The molecule has 0 fully saturated rings. The Balaban J connectivity index is 2.86. The maximum atomic E-state index is 9.05. The predicted octanol–water partition coefficient (Wildman–Crippen LogP) is 1.23. The van der Waals surface area contributed by atoms with Crippen LogP contribution in [0.4, 0.5) is 0 Å². The lowest BCUT2D eigenvalue weighted by Crippen LogP contribution is -2.23. The molecule has 0 saturated carbocycles. The molecule has 0 heterocycles. The molecule has 2 N–H and O–H groups in total. The van der Waals surface area contributed by atoms with Gasteiger partial charge in [-0.25, -0.2) is 0 Å². The normalized spacial score (nSPS) is 11.8. The average molecular weight is 220 g/mol. The molecule has 1 rings (SSSR count). The molecule has 0 aliphatic heterocycles. The Hall–Kier alpha value is -1.57. The zero-order valence-corrected chi connectivity index (χ0v) is 9.31. The molecule has 0 aromatic heterocycles. The summed E-state index contributed by atoms with van der Waals surface area (Å²) in [6, 6.07) is 9.12. The van der Waals surface area contributed by atoms with E-state index in [1.807, 2.05) is 31.2 Å². The fourth-order valence-electron chi connectivity index (χ4n) is 1.44. The number of ether oxygens (including phenoxy) is 1. The van der Waals surface area contributed by atoms with Crippen LogP contribution >= 0.6 is 0 Å². The van der Waals surface area contributed by atoms with Crippen molar-refractivity contribution < 1.29 is 9.84 Å². The van der Waals surface area contributed by atoms with E-state index < -0.39 is 6.04 Å². The van der Waals surface area contributed by atoms with Crippen LogP contribution in [-0.4, -0.2) is 24.9 Å². The molecule has 0 saturated heterocycles. The zero-order chi connectivity index (χ0) is 11.8. The van der Waals surface area contributed by atoms with E-state index >= 15 is 0 Å². The van der Waals surface area contributed by atoms with Gasteiger partial charge in [-0.1, -0.05) is 18.2 Å². The van der Waals surface area contributed by atoms with Crippen LogP contribution < -0.4 is 10.1 Å². The van der Waals surface area contributed by atoms with Crippen LogP contribution in [0.15, 0.2) is 24.3 Å². The summed E-state index contributed by atoms with van der Waals surface area (Å²) in [7, 11) is 0. The first-order valence-corrected chi connectivity index (χ1v) is 5.29. The van der Waals surface area contributed by atoms with Gasteiger partial charge in [0.25, 0.3) is 0 Å². The van der Waals surface area contributed by atoms with Gasteiger partial charge in [0.2, 0.25) is 0 Å². The molecule has 1 unspecified atom stereocenters. The highest BCUT2D eigenvalue weighted by molar-refractivity contribution is 5.38. The topological polar surface area (TPSA) is 65.3 Å². The molecule has 0 aliphatic rings. The van der Waals surface area contributed by atoms with Gasteiger partial charge in [-0.3, -0.25) is 5.32 Å². The minimum Gasteiger partial charge on any atom is -0.493 e. The van der Waals surface area contributed by atoms with Crippen LogP contribution in [0.25, 0.3) is 0 Å². The molecular weight excluding hydrogens is 204 g/mol. The molecule has 1 aromatic rings. The summed E-state index contributed by atoms with van der Waals surface area (Å²) in [5, 5.41) is 20.7. The van der Waals surface area contributed by atoms with Gasteiger partial charge in [0.1, 0.15) is 11.8 Å². The summed E-state index contributed by atoms with van der Waals surface area (Å²) in [4.78, 5) is 0. The van der Waals surface area contributed by atoms with Crippen molar-refractivity contribution >= 4 is 0 Å². The SMILES string of the molecule is CCOc1ccccc1C(C#N)NCCO. The van der Waals surface area contributed by atoms with E-state index in [9.17, 15) is 0 Å². The van der Waals surface area contributed by atoms with Crippen LogP contribution in [0.3, 0.4) is 0 Å². The number of nitrogens with zero attached hydrogens (tertiary/aromatic N) is 1. The maximum Gasteiger partial charge on any atom is 0.125 e. The Morgan fingerprint density at radius 3 is 2.88 bits per heavy atom. The molecule has 4 heteroatoms. The second-order valence-electron chi connectivity index (χ2n) is 3.21. The number of rotatable bonds is 6. The molecule has 86 valence electrons. The van der Waals surface area contributed by atoms with Crippen molar-refractivity contribution in [1.29, 1.82) is 5.26 Å². The summed E-state index contributed by atoms with van der Waals surface area (Å²) in [5.74, 6) is 0.710. The zero-order valence-electron chi connectivity index (χ0n) is 9.31. The van der Waals surface area contributed by atoms with E-state index in [4.69, 9.17) is 15.1 Å². The quantitative estimate of drug-likeness (QED) is 0.756. The molecule has 0 radical (unpaired) electrons. The Kier molecular flexibility index (Phi) is 5.34. The number of para-hydroxylation sites is 1. The second-order valence-corrected chi connectivity index (χ2v) is 3.21. The Morgan fingerprint density at radius 1 is 1.50 bits per heavy atom. The van der Waals surface area contributed by atoms with Crippen molar-refractivity contribution in [1.82, 2.24) is 5.32 Å². The summed E-state index contributed by atoms with van der Waals surface area (Å²) < 4.78 is 5.45. The standard InChI is InChI=1S/C12H16N2O2/c1-2-16-12-6-4-3-5-10(12)11(9-13)14-7-8-15/h3-6,11,14-15H,2,7-8H2,1H3. The third-order valence-electron chi connectivity index (χ3n) is 2.12. The lowest BCUT2D eigenvalue weighted by Gasteiger charge is -2.15. The van der Waals surface area contributed by atoms with Gasteiger partial charge < -0.3 is 9.84 Å². The first-order valence-electron chi connectivity index (χ1n) is 5.29. The summed E-state index contributed by atoms with van der Waals surface area (Å²) >= 11 is 0. The Morgan fingerprint density at radius 2 is 2.25 bits per heavy atom. The van der Waals surface area contributed by atoms with Crippen LogP contribution in [0.2, 0.25) is 0 Å². The van der Waals surface area contributed by atoms with E-state index in [1.165, 1.54) is 0 Å². The van der Waals surface area contributed by atoms with Gasteiger partial charge in [0, 0.05) is 12.1 Å². The number of nitriles is 1. The van der Waals surface area contributed by atoms with Gasteiger partial charge >= 0.3 is 0 Å². The average Bonchev–Trinajstić information content (AvgIpc) is 2.32. The first-order chi connectivity index (χ1) is 7.83. The number of nitrogens with one attached hydrogen (secondary N) is 1. The third kappa shape index (κ3) is 3.23. The molecular formula is C12H16N2O2. The minimum atomic E-state index is -0.449. The van der Waals surface area contributed by atoms with Crippen molar-refractivity contribution in [2.45, 2.75) is 13.0 Å². The van der Waals surface area contributed by atoms with E-state index in [0.29, 0.717) is 18.9 Å². The van der Waals surface area contributed by atoms with Crippen molar-refractivity contribution in [3.63, 3.8) is 0 Å². The second kappa shape index (κ2) is 6.83. The monoisotopic (exact) mass is 220 g/mol. The predicted molar refractivity (Wildman–Crippen MR) is 61.1 cm³/mol. The number of hydrogen-bond acceptors (Lipinski definition) is 4. The van der Waals surface area contributed by atoms with Crippen molar-refractivity contribution in [2.75, 3.05) is 19.8 Å². The lowest BCUT2D eigenvalue weighted by molar-refractivity contribution is 0.287. The first kappa shape index (κ1) is 12.5. The molecule has 1 atom stereocenters. The molecule has 4 nitrogen and oxygen atoms in total. The molecule has 0 amide bonds. The van der Waals surface area contributed by atoms with E-state index in [1.54, 1.807) is 0 Å². The van der Waals surface area contributed by atoms with E-state index in [-0.39, 0.29) is 6.61 Å². The summed E-state index contributed by atoms with van der Waals surface area (Å²) in [5.41, 5.74) is 0.806. The van der Waals surface area contributed by atoms with Gasteiger partial charge in [-0.2, -0.15) is 5.26 Å². The smallest absolute Gasteiger partial charge is 0.125 e. The third-order valence-corrected chi connectivity index (χ3v) is 2.12. The van der Waals surface area contributed by atoms with E-state index in [0.717, 1.165) is 5.56 Å². The highest BCUT2D eigenvalue weighted by Crippen LogP contribution is 2.24. The van der Waals surface area contributed by atoms with E-state index in [2.05, 4.69) is 11.4 Å². The van der Waals surface area contributed by atoms with Gasteiger partial charge in [-0.05, 0) is 13.0 Å². The highest BCUT2D eigenvalue weighted by Gasteiger charge is 2.13. The van der Waals surface area contributed by atoms with Gasteiger partial charge in [-0.15, -0.1) is 0 Å². The fraction of sp³-hybridized carbons (Fsp3) is 0.417. The minimum absolute atomic E-state index is 0.00891. The number of benzene rings is 1. The van der Waals surface area contributed by atoms with Crippen molar-refractivity contribution in [3.8, 4) is 11.8 Å². The van der Waals surface area contributed by atoms with Crippen LogP contribution in [0.5, 0.6) is 5.75 Å². The Bertz CT molecular complexity index is 360. The van der Waals surface area contributed by atoms with Crippen LogP contribution in [-0.2, 0) is 0 Å². The largest absolute Gasteiger partial charge is 0.493 e. The molecule has 16 heavy (non-hydrogen) atoms. The lowest BCUT2D eigenvalue weighted by atomic mass is 10.1. The molecule has 0 bridgehead atoms. The van der Waals surface area contributed by atoms with Gasteiger partial charge in [0.05, 0.1) is 19.3 Å². The van der Waals surface area contributed by atoms with Crippen LogP contribution in [0.1, 0.15) is 18.5 Å². The maximum absolute atomic E-state index is 9.05.